The second-order valence-corrected chi connectivity index (χ2v) is 7.11. The Morgan fingerprint density at radius 3 is 2.45 bits per heavy atom. The maximum Gasteiger partial charge on any atom is 0.323 e. The van der Waals surface area contributed by atoms with Crippen molar-refractivity contribution < 1.29 is 14.6 Å². The molecule has 0 aromatic heterocycles. The number of morpholine rings is 1. The molecule has 2 saturated carbocycles. The lowest BCUT2D eigenvalue weighted by Gasteiger charge is -2.37. The first kappa shape index (κ1) is 13.0. The highest BCUT2D eigenvalue weighted by molar-refractivity contribution is 5.79. The smallest absolute Gasteiger partial charge is 0.323 e. The Kier molecular flexibility index (Phi) is 3.05. The van der Waals surface area contributed by atoms with Crippen molar-refractivity contribution in [3.05, 3.63) is 0 Å². The van der Waals surface area contributed by atoms with Gasteiger partial charge in [0, 0.05) is 25.2 Å². The molecule has 2 bridgehead atoms. The van der Waals surface area contributed by atoms with Crippen LogP contribution in [0.25, 0.3) is 0 Å². The van der Waals surface area contributed by atoms with E-state index < -0.39 is 11.5 Å². The molecule has 5 heteroatoms. The van der Waals surface area contributed by atoms with Crippen LogP contribution in [-0.4, -0.2) is 58.9 Å². The van der Waals surface area contributed by atoms with E-state index in [1.165, 1.54) is 12.8 Å². The number of nitrogens with one attached hydrogen (secondary N) is 1. The SMILES string of the molecule is O=C(O)C1(NC2CC2)CCC(N2CC3CCC(C2)O3)C1. The minimum absolute atomic E-state index is 0.393. The summed E-state index contributed by atoms with van der Waals surface area (Å²) >= 11 is 0. The van der Waals surface area contributed by atoms with Crippen LogP contribution in [0.15, 0.2) is 0 Å². The standard InChI is InChI=1S/C15H24N2O3/c18-14(19)15(16-10-1-2-10)6-5-11(7-15)17-8-12-3-4-13(9-17)20-12/h10-13,16H,1-9H2,(H,18,19). The maximum absolute atomic E-state index is 11.8. The molecule has 0 spiro atoms. The van der Waals surface area contributed by atoms with Crippen molar-refractivity contribution in [3.8, 4) is 0 Å². The normalized spacial score (nSPS) is 44.9. The molecule has 2 saturated heterocycles. The van der Waals surface area contributed by atoms with Crippen molar-refractivity contribution in [2.24, 2.45) is 0 Å². The monoisotopic (exact) mass is 280 g/mol. The highest BCUT2D eigenvalue weighted by Gasteiger charge is 2.50. The number of likely N-dealkylation sites (tertiary alicyclic amines) is 1. The van der Waals surface area contributed by atoms with Crippen LogP contribution < -0.4 is 5.32 Å². The molecule has 0 aromatic carbocycles. The molecule has 4 rings (SSSR count). The second kappa shape index (κ2) is 4.68. The quantitative estimate of drug-likeness (QED) is 0.804. The number of carbonyl (C=O) groups is 1. The first-order valence-electron chi connectivity index (χ1n) is 8.05. The van der Waals surface area contributed by atoms with Gasteiger partial charge < -0.3 is 9.84 Å². The number of carboxylic acids is 1. The topological polar surface area (TPSA) is 61.8 Å². The van der Waals surface area contributed by atoms with Crippen molar-refractivity contribution in [2.45, 2.75) is 74.8 Å². The summed E-state index contributed by atoms with van der Waals surface area (Å²) in [6.45, 7) is 2.00. The zero-order chi connectivity index (χ0) is 13.7. The summed E-state index contributed by atoms with van der Waals surface area (Å²) in [4.78, 5) is 14.3. The zero-order valence-electron chi connectivity index (χ0n) is 11.9. The van der Waals surface area contributed by atoms with E-state index in [2.05, 4.69) is 10.2 Å². The highest BCUT2D eigenvalue weighted by Crippen LogP contribution is 2.38. The van der Waals surface area contributed by atoms with Gasteiger partial charge in [-0.1, -0.05) is 0 Å². The van der Waals surface area contributed by atoms with Crippen LogP contribution in [0.3, 0.4) is 0 Å². The summed E-state index contributed by atoms with van der Waals surface area (Å²) in [6, 6.07) is 0.870. The average Bonchev–Trinajstić information content (AvgIpc) is 3.01. The molecule has 2 N–H and O–H groups in total. The number of ether oxygens (including phenoxy) is 1. The van der Waals surface area contributed by atoms with Crippen LogP contribution in [0.1, 0.15) is 44.9 Å². The molecule has 5 nitrogen and oxygen atoms in total. The van der Waals surface area contributed by atoms with Gasteiger partial charge in [0.05, 0.1) is 12.2 Å². The number of rotatable bonds is 4. The maximum atomic E-state index is 11.8. The van der Waals surface area contributed by atoms with Gasteiger partial charge in [-0.05, 0) is 44.9 Å². The van der Waals surface area contributed by atoms with Crippen LogP contribution in [0.2, 0.25) is 0 Å². The summed E-state index contributed by atoms with van der Waals surface area (Å²) in [5, 5.41) is 13.1. The lowest BCUT2D eigenvalue weighted by molar-refractivity contribution is -0.145. The van der Waals surface area contributed by atoms with E-state index in [-0.39, 0.29) is 0 Å². The first-order chi connectivity index (χ1) is 9.64. The van der Waals surface area contributed by atoms with Gasteiger partial charge in [0.25, 0.3) is 0 Å². The molecular formula is C15H24N2O3. The van der Waals surface area contributed by atoms with Gasteiger partial charge in [0.1, 0.15) is 5.54 Å². The number of hydrogen-bond acceptors (Lipinski definition) is 4. The van der Waals surface area contributed by atoms with E-state index in [4.69, 9.17) is 4.74 Å². The average molecular weight is 280 g/mol. The highest BCUT2D eigenvalue weighted by atomic mass is 16.5. The molecule has 0 radical (unpaired) electrons. The predicted octanol–water partition coefficient (Wildman–Crippen LogP) is 0.977. The van der Waals surface area contributed by atoms with Gasteiger partial charge in [-0.2, -0.15) is 0 Å². The van der Waals surface area contributed by atoms with Crippen LogP contribution in [-0.2, 0) is 9.53 Å². The third kappa shape index (κ3) is 2.26. The van der Waals surface area contributed by atoms with Crippen molar-refractivity contribution in [3.63, 3.8) is 0 Å². The van der Waals surface area contributed by atoms with Gasteiger partial charge in [-0.3, -0.25) is 15.0 Å². The Bertz CT molecular complexity index is 400. The van der Waals surface area contributed by atoms with Crippen molar-refractivity contribution in [1.29, 1.82) is 0 Å². The summed E-state index contributed by atoms with van der Waals surface area (Å²) < 4.78 is 5.89. The molecule has 0 amide bonds. The largest absolute Gasteiger partial charge is 0.480 e. The van der Waals surface area contributed by atoms with Crippen molar-refractivity contribution in [2.75, 3.05) is 13.1 Å². The van der Waals surface area contributed by atoms with Crippen molar-refractivity contribution in [1.82, 2.24) is 10.2 Å². The van der Waals surface area contributed by atoms with Crippen LogP contribution >= 0.6 is 0 Å². The van der Waals surface area contributed by atoms with E-state index in [1.807, 2.05) is 0 Å². The van der Waals surface area contributed by atoms with Gasteiger partial charge in [-0.25, -0.2) is 0 Å². The Balaban J connectivity index is 1.44. The Morgan fingerprint density at radius 1 is 1.15 bits per heavy atom. The van der Waals surface area contributed by atoms with E-state index in [0.717, 1.165) is 45.2 Å². The summed E-state index contributed by atoms with van der Waals surface area (Å²) in [5.74, 6) is -0.650. The van der Waals surface area contributed by atoms with E-state index >= 15 is 0 Å². The van der Waals surface area contributed by atoms with Gasteiger partial charge in [0.2, 0.25) is 0 Å². The fourth-order valence-electron chi connectivity index (χ4n) is 4.28. The summed E-state index contributed by atoms with van der Waals surface area (Å²) in [5.41, 5.74) is -0.664. The number of aliphatic carboxylic acids is 1. The van der Waals surface area contributed by atoms with Gasteiger partial charge in [-0.15, -0.1) is 0 Å². The lowest BCUT2D eigenvalue weighted by Crippen LogP contribution is -2.53. The molecular weight excluding hydrogens is 256 g/mol. The molecule has 4 fully saturated rings. The summed E-state index contributed by atoms with van der Waals surface area (Å²) in [6.07, 6.45) is 7.97. The molecule has 4 unspecified atom stereocenters. The minimum atomic E-state index is -0.664. The third-order valence-corrected chi connectivity index (χ3v) is 5.54. The fraction of sp³-hybridized carbons (Fsp3) is 0.933. The molecule has 2 aliphatic carbocycles. The minimum Gasteiger partial charge on any atom is -0.480 e. The molecule has 4 aliphatic rings. The van der Waals surface area contributed by atoms with Crippen LogP contribution in [0, 0.1) is 0 Å². The van der Waals surface area contributed by atoms with E-state index in [0.29, 0.717) is 24.3 Å². The van der Waals surface area contributed by atoms with Crippen molar-refractivity contribution >= 4 is 5.97 Å². The molecule has 4 atom stereocenters. The van der Waals surface area contributed by atoms with E-state index in [1.54, 1.807) is 0 Å². The molecule has 20 heavy (non-hydrogen) atoms. The second-order valence-electron chi connectivity index (χ2n) is 7.11. The molecule has 0 aromatic rings. The Hall–Kier alpha value is -0.650. The fourth-order valence-corrected chi connectivity index (χ4v) is 4.28. The molecule has 2 aliphatic heterocycles. The number of fused-ring (bicyclic) bond motifs is 2. The van der Waals surface area contributed by atoms with Gasteiger partial charge in [0.15, 0.2) is 0 Å². The molecule has 112 valence electrons. The predicted molar refractivity (Wildman–Crippen MR) is 73.6 cm³/mol. The van der Waals surface area contributed by atoms with Crippen LogP contribution in [0.5, 0.6) is 0 Å². The van der Waals surface area contributed by atoms with Gasteiger partial charge >= 0.3 is 5.97 Å². The van der Waals surface area contributed by atoms with E-state index in [9.17, 15) is 9.90 Å². The zero-order valence-corrected chi connectivity index (χ0v) is 11.9. The summed E-state index contributed by atoms with van der Waals surface area (Å²) in [7, 11) is 0. The Morgan fingerprint density at radius 2 is 1.85 bits per heavy atom. The Labute approximate surface area is 119 Å². The number of nitrogens with zero attached hydrogens (tertiary/aromatic N) is 1. The third-order valence-electron chi connectivity index (χ3n) is 5.54. The number of hydrogen-bond donors (Lipinski definition) is 2. The van der Waals surface area contributed by atoms with Crippen LogP contribution in [0.4, 0.5) is 0 Å². The first-order valence-corrected chi connectivity index (χ1v) is 8.05. The lowest BCUT2D eigenvalue weighted by atomic mass is 9.97. The molecule has 2 heterocycles. The number of carboxylic acid groups (broad SMARTS) is 1.